The first-order chi connectivity index (χ1) is 14.6. The first kappa shape index (κ1) is 21.4. The third-order valence-corrected chi connectivity index (χ3v) is 10.8. The van der Waals surface area contributed by atoms with Gasteiger partial charge in [0, 0.05) is 0 Å². The third kappa shape index (κ3) is 3.61. The van der Waals surface area contributed by atoms with E-state index < -0.39 is 38.6 Å². The van der Waals surface area contributed by atoms with Gasteiger partial charge in [-0.1, -0.05) is 0 Å². The molecule has 0 unspecified atom stereocenters. The van der Waals surface area contributed by atoms with Gasteiger partial charge in [-0.25, -0.2) is 0 Å². The number of benzene rings is 1. The number of pyridine rings is 2. The molecule has 1 aromatic carbocycles. The minimum absolute atomic E-state index is 0.0244. The van der Waals surface area contributed by atoms with Gasteiger partial charge in [0.2, 0.25) is 0 Å². The molecule has 4 rings (SSSR count). The number of hydrogen-bond donors (Lipinski definition) is 0. The summed E-state index contributed by atoms with van der Waals surface area (Å²) in [5, 5.41) is 9.96. The van der Waals surface area contributed by atoms with E-state index in [1.807, 2.05) is 6.07 Å². The van der Waals surface area contributed by atoms with Gasteiger partial charge in [0.25, 0.3) is 0 Å². The summed E-state index contributed by atoms with van der Waals surface area (Å²) in [5.74, 6) is 0.0871. The molecule has 3 aromatic heterocycles. The van der Waals surface area contributed by atoms with E-state index in [0.29, 0.717) is 22.5 Å². The Morgan fingerprint density at radius 1 is 1.16 bits per heavy atom. The van der Waals surface area contributed by atoms with Crippen molar-refractivity contribution in [2.45, 2.75) is 11.1 Å². The van der Waals surface area contributed by atoms with Crippen molar-refractivity contribution >= 4 is 28.9 Å². The standard InChI is InChI=1S/C19H12F3IN5O2S/c1-23-31(29,30)16-13-4-3-10(7-24)5-11(13)8-25-15(16)18-27-14-6-12(19(20,21)22)9-26-17(14)28(18)2/h3-6,8-9H,1-2H3/q-1. The Kier molecular flexibility index (Phi) is 5.13. The number of hydrogen-bond acceptors (Lipinski definition) is 6. The Morgan fingerprint density at radius 3 is 2.55 bits per heavy atom. The van der Waals surface area contributed by atoms with Crippen LogP contribution in [-0.4, -0.2) is 32.9 Å². The predicted molar refractivity (Wildman–Crippen MR) is 102 cm³/mol. The van der Waals surface area contributed by atoms with Gasteiger partial charge in [0.15, 0.2) is 0 Å². The number of aryl methyl sites for hydroxylation is 1. The van der Waals surface area contributed by atoms with Crippen LogP contribution in [0.25, 0.3) is 33.5 Å². The summed E-state index contributed by atoms with van der Waals surface area (Å²) < 4.78 is 66.6. The van der Waals surface area contributed by atoms with E-state index in [0.717, 1.165) is 6.07 Å². The van der Waals surface area contributed by atoms with E-state index in [9.17, 15) is 21.6 Å². The maximum atomic E-state index is 13.1. The van der Waals surface area contributed by atoms with Crippen LogP contribution >= 0.6 is 0 Å². The molecule has 0 aliphatic heterocycles. The van der Waals surface area contributed by atoms with Crippen molar-refractivity contribution in [2.75, 3.05) is 4.93 Å². The van der Waals surface area contributed by atoms with Crippen molar-refractivity contribution in [3.63, 3.8) is 0 Å². The quantitative estimate of drug-likeness (QED) is 0.206. The fourth-order valence-corrected chi connectivity index (χ4v) is 6.83. The number of imidazole rings is 1. The fourth-order valence-electron chi connectivity index (χ4n) is 3.19. The van der Waals surface area contributed by atoms with Gasteiger partial charge in [-0.15, -0.1) is 0 Å². The van der Waals surface area contributed by atoms with Crippen molar-refractivity contribution in [3.05, 3.63) is 47.8 Å². The van der Waals surface area contributed by atoms with Crippen molar-refractivity contribution in [3.8, 4) is 17.6 Å². The van der Waals surface area contributed by atoms with Crippen LogP contribution in [0.5, 0.6) is 0 Å². The van der Waals surface area contributed by atoms with Crippen LogP contribution in [0.3, 0.4) is 0 Å². The third-order valence-electron chi connectivity index (χ3n) is 4.67. The zero-order valence-corrected chi connectivity index (χ0v) is 18.9. The number of halogens is 4. The van der Waals surface area contributed by atoms with E-state index in [1.165, 1.54) is 36.0 Å². The number of alkyl halides is 4. The van der Waals surface area contributed by atoms with Crippen LogP contribution in [0.1, 0.15) is 11.1 Å². The Balaban J connectivity index is 2.06. The summed E-state index contributed by atoms with van der Waals surface area (Å²) in [6.45, 7) is 0. The zero-order valence-electron chi connectivity index (χ0n) is 15.9. The molecule has 0 bridgehead atoms. The summed E-state index contributed by atoms with van der Waals surface area (Å²) in [7, 11) is -2.16. The molecule has 3 heterocycles. The SMILES string of the molecule is C[I-]S(=O)(=O)c1c(-c2nc3cc(C(F)(F)F)cnc3n2C)ncc2cc(C#N)ccc12. The van der Waals surface area contributed by atoms with Crippen LogP contribution in [-0.2, 0) is 20.2 Å². The molecular formula is C19H12F3IN5O2S-. The van der Waals surface area contributed by atoms with Crippen LogP contribution in [0.4, 0.5) is 13.2 Å². The van der Waals surface area contributed by atoms with Crippen molar-refractivity contribution < 1.29 is 41.4 Å². The molecule has 0 N–H and O–H groups in total. The topological polar surface area (TPSA) is 102 Å². The van der Waals surface area contributed by atoms with Gasteiger partial charge in [-0.2, -0.15) is 0 Å². The monoisotopic (exact) mass is 558 g/mol. The van der Waals surface area contributed by atoms with E-state index in [-0.39, 0.29) is 27.6 Å². The Bertz CT molecular complexity index is 1510. The maximum absolute atomic E-state index is 13.1. The molecule has 160 valence electrons. The minimum atomic E-state index is -4.58. The van der Waals surface area contributed by atoms with Gasteiger partial charge < -0.3 is 0 Å². The summed E-state index contributed by atoms with van der Waals surface area (Å²) >= 11 is -1.30. The predicted octanol–water partition coefficient (Wildman–Crippen LogP) is 0.481. The van der Waals surface area contributed by atoms with Gasteiger partial charge in [-0.3, -0.25) is 0 Å². The molecule has 0 atom stereocenters. The van der Waals surface area contributed by atoms with Crippen molar-refractivity contribution in [1.82, 2.24) is 19.5 Å². The van der Waals surface area contributed by atoms with Gasteiger partial charge in [0.1, 0.15) is 0 Å². The molecule has 0 fully saturated rings. The number of nitriles is 1. The van der Waals surface area contributed by atoms with Crippen molar-refractivity contribution in [2.24, 2.45) is 7.05 Å². The van der Waals surface area contributed by atoms with Crippen LogP contribution in [0.15, 0.2) is 41.6 Å². The first-order valence-corrected chi connectivity index (χ1v) is 14.7. The first-order valence-electron chi connectivity index (χ1n) is 8.56. The number of rotatable bonds is 3. The van der Waals surface area contributed by atoms with E-state index in [2.05, 4.69) is 15.0 Å². The molecule has 0 aliphatic carbocycles. The molecule has 0 radical (unpaired) electrons. The molecule has 7 nitrogen and oxygen atoms in total. The average molecular weight is 558 g/mol. The molecule has 0 saturated carbocycles. The molecule has 0 aliphatic rings. The molecular weight excluding hydrogens is 546 g/mol. The second-order valence-corrected chi connectivity index (χ2v) is 14.2. The van der Waals surface area contributed by atoms with Crippen molar-refractivity contribution in [1.29, 1.82) is 5.26 Å². The normalized spacial score (nSPS) is 12.5. The Hall–Kier alpha value is -2.79. The summed E-state index contributed by atoms with van der Waals surface area (Å²) in [6.07, 6.45) is -2.45. The molecule has 0 amide bonds. The molecule has 4 aromatic rings. The molecule has 31 heavy (non-hydrogen) atoms. The number of nitrogens with zero attached hydrogens (tertiary/aromatic N) is 5. The number of aromatic nitrogens is 4. The summed E-state index contributed by atoms with van der Waals surface area (Å²) in [4.78, 5) is 13.9. The summed E-state index contributed by atoms with van der Waals surface area (Å²) in [6, 6.07) is 7.44. The van der Waals surface area contributed by atoms with E-state index in [1.54, 1.807) is 4.93 Å². The molecule has 12 heteroatoms. The van der Waals surface area contributed by atoms with Crippen LogP contribution in [0, 0.1) is 11.3 Å². The van der Waals surface area contributed by atoms with E-state index >= 15 is 0 Å². The molecule has 0 spiro atoms. The average Bonchev–Trinajstić information content (AvgIpc) is 3.07. The fraction of sp³-hybridized carbons (Fsp3) is 0.158. The Morgan fingerprint density at radius 2 is 1.90 bits per heavy atom. The number of fused-ring (bicyclic) bond motifs is 2. The second kappa shape index (κ2) is 7.41. The van der Waals surface area contributed by atoms with Gasteiger partial charge >= 0.3 is 184 Å². The molecule has 0 saturated heterocycles. The van der Waals surface area contributed by atoms with Gasteiger partial charge in [0.05, 0.1) is 0 Å². The second-order valence-electron chi connectivity index (χ2n) is 6.50. The van der Waals surface area contributed by atoms with Crippen LogP contribution < -0.4 is 19.8 Å². The van der Waals surface area contributed by atoms with Gasteiger partial charge in [-0.05, 0) is 0 Å². The zero-order chi connectivity index (χ0) is 22.6. The van der Waals surface area contributed by atoms with Crippen LogP contribution in [0.2, 0.25) is 0 Å². The van der Waals surface area contributed by atoms with E-state index in [4.69, 9.17) is 5.26 Å². The summed E-state index contributed by atoms with van der Waals surface area (Å²) in [5.41, 5.74) is -0.425. The Labute approximate surface area is 183 Å².